The van der Waals surface area contributed by atoms with Crippen molar-refractivity contribution in [3.05, 3.63) is 58.1 Å². The number of hydrogen-bond acceptors (Lipinski definition) is 7. The monoisotopic (exact) mass is 588 g/mol. The van der Waals surface area contributed by atoms with E-state index in [0.717, 1.165) is 10.5 Å². The average molecular weight is 589 g/mol. The molecule has 3 aromatic heterocycles. The highest BCUT2D eigenvalue weighted by atomic mass is 35.5. The van der Waals surface area contributed by atoms with E-state index in [0.29, 0.717) is 12.3 Å². The van der Waals surface area contributed by atoms with Crippen molar-refractivity contribution in [1.29, 1.82) is 0 Å². The van der Waals surface area contributed by atoms with Gasteiger partial charge in [0, 0.05) is 30.2 Å². The number of fused-ring (bicyclic) bond motifs is 3. The Morgan fingerprint density at radius 3 is 2.40 bits per heavy atom. The van der Waals surface area contributed by atoms with Gasteiger partial charge >= 0.3 is 18.3 Å². The maximum absolute atomic E-state index is 14.0. The van der Waals surface area contributed by atoms with E-state index >= 15 is 0 Å². The summed E-state index contributed by atoms with van der Waals surface area (Å²) in [6, 6.07) is 3.12. The number of nitrogens with zero attached hydrogens (tertiary/aromatic N) is 5. The van der Waals surface area contributed by atoms with Crippen LogP contribution >= 0.6 is 11.6 Å². The first-order valence-corrected chi connectivity index (χ1v) is 12.1. The quantitative estimate of drug-likeness (QED) is 0.227. The molecule has 1 aromatic carbocycles. The largest absolute Gasteiger partial charge is 0.476 e. The molecule has 0 radical (unpaired) electrons. The van der Waals surface area contributed by atoms with Gasteiger partial charge in [0.2, 0.25) is 5.95 Å². The zero-order chi connectivity index (χ0) is 29.0. The second-order valence-corrected chi connectivity index (χ2v) is 9.38. The first-order valence-electron chi connectivity index (χ1n) is 11.7. The van der Waals surface area contributed by atoms with Crippen LogP contribution in [0.2, 0.25) is 5.15 Å². The van der Waals surface area contributed by atoms with Crippen molar-refractivity contribution < 1.29 is 41.0 Å². The maximum atomic E-state index is 14.0. The number of aromatic nitrogens is 4. The van der Waals surface area contributed by atoms with Gasteiger partial charge in [0.15, 0.2) is 11.4 Å². The van der Waals surface area contributed by atoms with Crippen LogP contribution in [0.25, 0.3) is 16.6 Å². The van der Waals surface area contributed by atoms with Crippen LogP contribution in [-0.4, -0.2) is 56.7 Å². The minimum atomic E-state index is -4.87. The van der Waals surface area contributed by atoms with Crippen molar-refractivity contribution in [2.45, 2.75) is 25.3 Å². The van der Waals surface area contributed by atoms with Crippen molar-refractivity contribution >= 4 is 45.8 Å². The van der Waals surface area contributed by atoms with E-state index in [2.05, 4.69) is 20.3 Å². The lowest BCUT2D eigenvalue weighted by atomic mass is 9.99. The number of carboxylic acids is 1. The highest BCUT2D eigenvalue weighted by Gasteiger charge is 2.37. The van der Waals surface area contributed by atoms with E-state index in [-0.39, 0.29) is 65.2 Å². The van der Waals surface area contributed by atoms with Gasteiger partial charge in [0.05, 0.1) is 36.0 Å². The van der Waals surface area contributed by atoms with Crippen LogP contribution in [0, 0.1) is 0 Å². The SMILES string of the molecule is C[C@@H](Nc1ccc(Cl)nc1C(=O)O)c1cc(C(F)(F)F)cc2c1nc(N1CCOCC1)n1cc(C(F)(F)F)nc21. The molecular formula is C24H19ClF6N6O3. The lowest BCUT2D eigenvalue weighted by Gasteiger charge is -2.29. The standard InChI is InChI=1S/C24H19ClF6N6O3/c1-11(32-15-2-3-17(25)34-19(15)21(38)39)13-8-12(23(26,27)28)9-14-18(13)35-22(36-4-6-40-7-5-36)37-10-16(24(29,30)31)33-20(14)37/h2-3,8-11,32H,4-7H2,1H3,(H,38,39)/t11-/m1/s1. The van der Waals surface area contributed by atoms with E-state index in [1.165, 1.54) is 19.1 Å². The Balaban J connectivity index is 1.77. The molecule has 212 valence electrons. The van der Waals surface area contributed by atoms with Crippen molar-refractivity contribution in [1.82, 2.24) is 19.4 Å². The summed E-state index contributed by atoms with van der Waals surface area (Å²) in [5.74, 6) is -1.39. The van der Waals surface area contributed by atoms with Gasteiger partial charge in [-0.1, -0.05) is 11.6 Å². The fourth-order valence-electron chi connectivity index (χ4n) is 4.47. The number of pyridine rings is 1. The van der Waals surface area contributed by atoms with E-state index in [1.807, 2.05) is 0 Å². The number of carboxylic acid groups (broad SMARTS) is 1. The number of morpholine rings is 1. The molecule has 0 bridgehead atoms. The summed E-state index contributed by atoms with van der Waals surface area (Å²) in [5, 5.41) is 12.0. The number of hydrogen-bond donors (Lipinski definition) is 2. The second kappa shape index (κ2) is 9.96. The number of rotatable bonds is 5. The molecule has 16 heteroatoms. The van der Waals surface area contributed by atoms with Crippen molar-refractivity contribution in [3.63, 3.8) is 0 Å². The number of alkyl halides is 6. The molecule has 2 N–H and O–H groups in total. The Labute approximate surface area is 226 Å². The average Bonchev–Trinajstić information content (AvgIpc) is 3.35. The highest BCUT2D eigenvalue weighted by molar-refractivity contribution is 6.29. The van der Waals surface area contributed by atoms with E-state index in [9.17, 15) is 36.2 Å². The number of ether oxygens (including phenoxy) is 1. The number of aromatic carboxylic acids is 1. The molecule has 0 aliphatic carbocycles. The van der Waals surface area contributed by atoms with Gasteiger partial charge in [-0.05, 0) is 31.2 Å². The molecule has 4 aromatic rings. The third-order valence-corrected chi connectivity index (χ3v) is 6.54. The van der Waals surface area contributed by atoms with Crippen LogP contribution in [-0.2, 0) is 17.1 Å². The Bertz CT molecular complexity index is 1620. The first-order chi connectivity index (χ1) is 18.7. The molecule has 1 aliphatic rings. The summed E-state index contributed by atoms with van der Waals surface area (Å²) in [6.07, 6.45) is -9.03. The van der Waals surface area contributed by atoms with Crippen LogP contribution in [0.5, 0.6) is 0 Å². The predicted molar refractivity (Wildman–Crippen MR) is 132 cm³/mol. The van der Waals surface area contributed by atoms with Crippen LogP contribution in [0.3, 0.4) is 0 Å². The summed E-state index contributed by atoms with van der Waals surface area (Å²) >= 11 is 5.80. The predicted octanol–water partition coefficient (Wildman–Crippen LogP) is 5.68. The smallest absolute Gasteiger partial charge is 0.434 e. The van der Waals surface area contributed by atoms with Gasteiger partial charge in [0.1, 0.15) is 10.8 Å². The Hall–Kier alpha value is -3.85. The van der Waals surface area contributed by atoms with Crippen LogP contribution < -0.4 is 10.2 Å². The molecule has 4 heterocycles. The van der Waals surface area contributed by atoms with Crippen molar-refractivity contribution in [2.24, 2.45) is 0 Å². The second-order valence-electron chi connectivity index (χ2n) is 8.99. The molecule has 1 saturated heterocycles. The molecule has 0 spiro atoms. The Kier molecular flexibility index (Phi) is 6.90. The molecule has 9 nitrogen and oxygen atoms in total. The molecule has 0 saturated carbocycles. The third-order valence-electron chi connectivity index (χ3n) is 6.33. The van der Waals surface area contributed by atoms with Crippen molar-refractivity contribution in [3.8, 4) is 0 Å². The van der Waals surface area contributed by atoms with Gasteiger partial charge in [0.25, 0.3) is 0 Å². The zero-order valence-electron chi connectivity index (χ0n) is 20.4. The molecule has 40 heavy (non-hydrogen) atoms. The molecule has 5 rings (SSSR count). The molecule has 1 atom stereocenters. The molecule has 1 aliphatic heterocycles. The normalized spacial score (nSPS) is 15.6. The topological polar surface area (TPSA) is 105 Å². The van der Waals surface area contributed by atoms with Gasteiger partial charge in [-0.15, -0.1) is 0 Å². The summed E-state index contributed by atoms with van der Waals surface area (Å²) in [4.78, 5) is 25.3. The van der Waals surface area contributed by atoms with Crippen LogP contribution in [0.1, 0.15) is 40.3 Å². The number of carbonyl (C=O) groups is 1. The number of nitrogens with one attached hydrogen (secondary N) is 1. The lowest BCUT2D eigenvalue weighted by molar-refractivity contribution is -0.141. The van der Waals surface area contributed by atoms with Gasteiger partial charge < -0.3 is 20.1 Å². The zero-order valence-corrected chi connectivity index (χ0v) is 21.2. The molecular weight excluding hydrogens is 570 g/mol. The Morgan fingerprint density at radius 2 is 1.77 bits per heavy atom. The first kappa shape index (κ1) is 27.7. The molecule has 0 amide bonds. The summed E-state index contributed by atoms with van der Waals surface area (Å²) in [7, 11) is 0. The summed E-state index contributed by atoms with van der Waals surface area (Å²) < 4.78 is 89.3. The van der Waals surface area contributed by atoms with E-state index < -0.39 is 41.3 Å². The summed E-state index contributed by atoms with van der Waals surface area (Å²) in [6.45, 7) is 2.54. The maximum Gasteiger partial charge on any atom is 0.434 e. The van der Waals surface area contributed by atoms with E-state index in [4.69, 9.17) is 16.3 Å². The number of halogens is 7. The minimum absolute atomic E-state index is 0.0374. The number of imidazole rings is 1. The van der Waals surface area contributed by atoms with Gasteiger partial charge in [-0.2, -0.15) is 26.3 Å². The van der Waals surface area contributed by atoms with Crippen LogP contribution in [0.4, 0.5) is 38.0 Å². The fourth-order valence-corrected chi connectivity index (χ4v) is 4.62. The van der Waals surface area contributed by atoms with Gasteiger partial charge in [-0.3, -0.25) is 4.40 Å². The fraction of sp³-hybridized carbons (Fsp3) is 0.333. The van der Waals surface area contributed by atoms with E-state index in [1.54, 1.807) is 4.90 Å². The third kappa shape index (κ3) is 5.18. The molecule has 1 fully saturated rings. The number of benzene rings is 1. The van der Waals surface area contributed by atoms with Crippen molar-refractivity contribution in [2.75, 3.05) is 36.5 Å². The minimum Gasteiger partial charge on any atom is -0.476 e. The summed E-state index contributed by atoms with van der Waals surface area (Å²) in [5.41, 5.74) is -3.40. The Morgan fingerprint density at radius 1 is 1.07 bits per heavy atom. The highest BCUT2D eigenvalue weighted by Crippen LogP contribution is 2.39. The lowest BCUT2D eigenvalue weighted by Crippen LogP contribution is -2.38. The van der Waals surface area contributed by atoms with Crippen LogP contribution in [0.15, 0.2) is 30.5 Å². The number of anilines is 2. The van der Waals surface area contributed by atoms with Gasteiger partial charge in [-0.25, -0.2) is 19.7 Å². The molecule has 0 unspecified atom stereocenters.